The normalized spacial score (nSPS) is 26.2. The number of Topliss-reactive ketones (excluding diaryl/α,β-unsaturated/α-hetero) is 1. The van der Waals surface area contributed by atoms with Gasteiger partial charge in [-0.05, 0) is 48.9 Å². The predicted molar refractivity (Wildman–Crippen MR) is 119 cm³/mol. The lowest BCUT2D eigenvalue weighted by molar-refractivity contribution is -0.189. The highest BCUT2D eigenvalue weighted by atomic mass is 35.5. The number of hydrogen-bond acceptors (Lipinski definition) is 4. The van der Waals surface area contributed by atoms with Crippen LogP contribution in [0.5, 0.6) is 0 Å². The molecule has 0 bridgehead atoms. The number of nitrogens with one attached hydrogen (secondary N) is 1. The van der Waals surface area contributed by atoms with E-state index in [9.17, 15) is 31.2 Å². The van der Waals surface area contributed by atoms with E-state index < -0.39 is 55.4 Å². The van der Waals surface area contributed by atoms with E-state index in [1.54, 1.807) is 18.6 Å². The van der Waals surface area contributed by atoms with Crippen LogP contribution < -0.4 is 4.72 Å². The Bertz CT molecular complexity index is 1160. The van der Waals surface area contributed by atoms with Gasteiger partial charge in [0.05, 0.1) is 10.5 Å². The predicted octanol–water partition coefficient (Wildman–Crippen LogP) is 4.74. The Labute approximate surface area is 201 Å². The number of alkyl halides is 3. The van der Waals surface area contributed by atoms with Gasteiger partial charge in [-0.25, -0.2) is 8.42 Å². The largest absolute Gasteiger partial charge is 0.421 e. The fourth-order valence-corrected chi connectivity index (χ4v) is 6.79. The van der Waals surface area contributed by atoms with Crippen LogP contribution in [0.25, 0.3) is 0 Å². The number of amides is 1. The molecule has 0 aromatic heterocycles. The first-order valence-electron chi connectivity index (χ1n) is 11.2. The fraction of sp³-hybridized carbons (Fsp3) is 0.565. The van der Waals surface area contributed by atoms with Crippen molar-refractivity contribution in [2.75, 3.05) is 0 Å². The second-order valence-corrected chi connectivity index (χ2v) is 12.2. The molecule has 1 amide bonds. The van der Waals surface area contributed by atoms with Crippen molar-refractivity contribution in [1.82, 2.24) is 9.62 Å². The molecular formula is C23H26ClF3N2O4S. The van der Waals surface area contributed by atoms with E-state index in [4.69, 9.17) is 11.6 Å². The van der Waals surface area contributed by atoms with E-state index in [2.05, 4.69) is 0 Å². The van der Waals surface area contributed by atoms with E-state index in [0.717, 1.165) is 36.3 Å². The quantitative estimate of drug-likeness (QED) is 0.624. The van der Waals surface area contributed by atoms with Gasteiger partial charge in [0.15, 0.2) is 5.78 Å². The van der Waals surface area contributed by atoms with Crippen molar-refractivity contribution in [2.24, 2.45) is 5.41 Å². The molecule has 0 radical (unpaired) electrons. The number of carbonyl (C=O) groups is 2. The van der Waals surface area contributed by atoms with Crippen LogP contribution in [0.15, 0.2) is 40.4 Å². The Hall–Kier alpha value is -1.91. The lowest BCUT2D eigenvalue weighted by Gasteiger charge is -2.37. The summed E-state index contributed by atoms with van der Waals surface area (Å²) >= 11 is 5.79. The molecule has 1 atom stereocenters. The van der Waals surface area contributed by atoms with Crippen LogP contribution in [-0.2, 0) is 19.6 Å². The Morgan fingerprint density at radius 3 is 2.18 bits per heavy atom. The second-order valence-electron chi connectivity index (χ2n) is 10.0. The van der Waals surface area contributed by atoms with Gasteiger partial charge in [-0.1, -0.05) is 44.7 Å². The zero-order chi connectivity index (χ0) is 25.1. The molecule has 1 fully saturated rings. The van der Waals surface area contributed by atoms with Gasteiger partial charge in [0.2, 0.25) is 15.6 Å². The number of sulfonamides is 1. The number of hydrogen-bond donors (Lipinski definition) is 1. The molecule has 0 spiro atoms. The van der Waals surface area contributed by atoms with Crippen molar-refractivity contribution in [3.05, 3.63) is 40.6 Å². The molecule has 0 saturated heterocycles. The van der Waals surface area contributed by atoms with Crippen molar-refractivity contribution in [1.29, 1.82) is 0 Å². The van der Waals surface area contributed by atoms with E-state index in [1.807, 2.05) is 0 Å². The summed E-state index contributed by atoms with van der Waals surface area (Å²) in [5.41, 5.74) is -5.13. The number of allylic oxidation sites excluding steroid dienone is 1. The van der Waals surface area contributed by atoms with Gasteiger partial charge in [0.25, 0.3) is 5.91 Å². The Morgan fingerprint density at radius 1 is 1.03 bits per heavy atom. The fourth-order valence-electron chi connectivity index (χ4n) is 5.34. The molecule has 1 aromatic rings. The SMILES string of the molecule is CC1(C)CC(=O)C2=C(C1)N(C1CCCCC1)C(=O)C2(NS(=O)(=O)c1ccc(Cl)cc1)C(F)(F)F. The van der Waals surface area contributed by atoms with E-state index >= 15 is 0 Å². The molecular weight excluding hydrogens is 493 g/mol. The van der Waals surface area contributed by atoms with Gasteiger partial charge in [0.1, 0.15) is 0 Å². The average Bonchev–Trinajstić information content (AvgIpc) is 2.96. The summed E-state index contributed by atoms with van der Waals surface area (Å²) in [7, 11) is -4.85. The maximum atomic E-state index is 14.9. The number of carbonyl (C=O) groups excluding carboxylic acids is 2. The van der Waals surface area contributed by atoms with Crippen molar-refractivity contribution in [2.45, 2.75) is 81.4 Å². The van der Waals surface area contributed by atoms with Crippen molar-refractivity contribution in [3.8, 4) is 0 Å². The van der Waals surface area contributed by atoms with Crippen LogP contribution in [0.2, 0.25) is 5.02 Å². The monoisotopic (exact) mass is 518 g/mol. The molecule has 34 heavy (non-hydrogen) atoms. The third-order valence-corrected chi connectivity index (χ3v) is 8.55. The second kappa shape index (κ2) is 8.34. The zero-order valence-electron chi connectivity index (χ0n) is 18.8. The number of ketones is 1. The lowest BCUT2D eigenvalue weighted by Crippen LogP contribution is -2.66. The van der Waals surface area contributed by atoms with Crippen molar-refractivity contribution in [3.63, 3.8) is 0 Å². The van der Waals surface area contributed by atoms with Crippen LogP contribution in [0.4, 0.5) is 13.2 Å². The van der Waals surface area contributed by atoms with Gasteiger partial charge in [-0.15, -0.1) is 0 Å². The summed E-state index contributed by atoms with van der Waals surface area (Å²) in [6.45, 7) is 3.51. The third kappa shape index (κ3) is 4.07. The van der Waals surface area contributed by atoms with Crippen LogP contribution in [0.1, 0.15) is 58.8 Å². The van der Waals surface area contributed by atoms with Crippen molar-refractivity contribution >= 4 is 33.3 Å². The Kier molecular flexibility index (Phi) is 6.18. The highest BCUT2D eigenvalue weighted by molar-refractivity contribution is 7.89. The first kappa shape index (κ1) is 25.2. The molecule has 1 unspecified atom stereocenters. The molecule has 11 heteroatoms. The van der Waals surface area contributed by atoms with Gasteiger partial charge < -0.3 is 4.90 Å². The van der Waals surface area contributed by atoms with Gasteiger partial charge in [-0.3, -0.25) is 9.59 Å². The van der Waals surface area contributed by atoms with E-state index in [0.29, 0.717) is 12.8 Å². The topological polar surface area (TPSA) is 83.6 Å². The third-order valence-electron chi connectivity index (χ3n) is 6.83. The van der Waals surface area contributed by atoms with E-state index in [1.165, 1.54) is 12.1 Å². The maximum Gasteiger partial charge on any atom is 0.421 e. The minimum absolute atomic E-state index is 0.00530. The molecule has 6 nitrogen and oxygen atoms in total. The highest BCUT2D eigenvalue weighted by Crippen LogP contribution is 2.53. The molecule has 2 aliphatic carbocycles. The molecule has 3 aliphatic rings. The number of nitrogens with zero attached hydrogens (tertiary/aromatic N) is 1. The molecule has 186 valence electrons. The Balaban J connectivity index is 1.92. The highest BCUT2D eigenvalue weighted by Gasteiger charge is 2.72. The molecule has 1 heterocycles. The van der Waals surface area contributed by atoms with Crippen LogP contribution in [0, 0.1) is 5.41 Å². The zero-order valence-corrected chi connectivity index (χ0v) is 20.4. The first-order valence-corrected chi connectivity index (χ1v) is 13.0. The summed E-state index contributed by atoms with van der Waals surface area (Å²) in [6, 6.07) is 4.03. The van der Waals surface area contributed by atoms with Crippen molar-refractivity contribution < 1.29 is 31.2 Å². The van der Waals surface area contributed by atoms with Crippen LogP contribution >= 0.6 is 11.6 Å². The molecule has 4 rings (SSSR count). The van der Waals surface area contributed by atoms with Gasteiger partial charge >= 0.3 is 6.18 Å². The standard InChI is InChI=1S/C23H26ClF3N2O4S/c1-21(2)12-17-19(18(30)13-21)22(23(25,26)27,20(31)29(17)15-6-4-3-5-7-15)28-34(32,33)16-10-8-14(24)9-11-16/h8-11,15,28H,3-7,12-13H2,1-2H3. The lowest BCUT2D eigenvalue weighted by atomic mass is 9.72. The summed E-state index contributed by atoms with van der Waals surface area (Å²) in [4.78, 5) is 27.5. The minimum Gasteiger partial charge on any atom is -0.310 e. The van der Waals surface area contributed by atoms with Crippen LogP contribution in [-0.4, -0.2) is 42.8 Å². The summed E-state index contributed by atoms with van der Waals surface area (Å²) in [6.07, 6.45) is -2.17. The van der Waals surface area contributed by atoms with Gasteiger partial charge in [0, 0.05) is 23.2 Å². The minimum atomic E-state index is -5.38. The maximum absolute atomic E-state index is 14.9. The molecule has 1 aliphatic heterocycles. The van der Waals surface area contributed by atoms with Gasteiger partial charge in [-0.2, -0.15) is 17.9 Å². The molecule has 1 N–H and O–H groups in total. The Morgan fingerprint density at radius 2 is 1.62 bits per heavy atom. The average molecular weight is 519 g/mol. The number of benzene rings is 1. The summed E-state index contributed by atoms with van der Waals surface area (Å²) < 4.78 is 72.5. The molecule has 1 saturated carbocycles. The summed E-state index contributed by atoms with van der Waals surface area (Å²) in [5.74, 6) is -2.31. The number of halogens is 4. The van der Waals surface area contributed by atoms with E-state index in [-0.39, 0.29) is 23.6 Å². The summed E-state index contributed by atoms with van der Waals surface area (Å²) in [5, 5.41) is 0.194. The molecule has 1 aromatic carbocycles. The first-order chi connectivity index (χ1) is 15.7. The smallest absolute Gasteiger partial charge is 0.310 e. The number of rotatable bonds is 4. The van der Waals surface area contributed by atoms with Crippen LogP contribution in [0.3, 0.4) is 0 Å².